The molecule has 1 fully saturated rings. The molecule has 2 nitrogen and oxygen atoms in total. The molecule has 1 atom stereocenters. The minimum absolute atomic E-state index is 0.471. The van der Waals surface area contributed by atoms with Gasteiger partial charge in [0, 0.05) is 0 Å². The summed E-state index contributed by atoms with van der Waals surface area (Å²) < 4.78 is 5.86. The van der Waals surface area contributed by atoms with Gasteiger partial charge in [-0.1, -0.05) is 45.4 Å². The van der Waals surface area contributed by atoms with Crippen LogP contribution in [-0.2, 0) is 4.74 Å². The van der Waals surface area contributed by atoms with Gasteiger partial charge in [0.1, 0.15) is 5.76 Å². The quantitative estimate of drug-likeness (QED) is 0.745. The monoisotopic (exact) mass is 251 g/mol. The number of likely N-dealkylation sites (N-methyl/N-ethyl adjacent to an activating group) is 1. The van der Waals surface area contributed by atoms with Crippen LogP contribution in [0.2, 0.25) is 0 Å². The van der Waals surface area contributed by atoms with Gasteiger partial charge in [-0.2, -0.15) is 0 Å². The standard InChI is InChI=1S/C16H29NO/c1-2-17-15(16-11-7-8-12-18-16)13-14-9-5-3-4-6-10-14/h11,14-15,17H,2-10,12-13H2,1H3. The maximum Gasteiger partial charge on any atom is 0.109 e. The van der Waals surface area contributed by atoms with Crippen molar-refractivity contribution in [1.82, 2.24) is 5.32 Å². The van der Waals surface area contributed by atoms with Crippen molar-refractivity contribution in [2.24, 2.45) is 5.92 Å². The van der Waals surface area contributed by atoms with Crippen molar-refractivity contribution in [3.8, 4) is 0 Å². The molecule has 0 spiro atoms. The van der Waals surface area contributed by atoms with E-state index in [4.69, 9.17) is 4.74 Å². The number of hydrogen-bond acceptors (Lipinski definition) is 2. The zero-order chi connectivity index (χ0) is 12.6. The van der Waals surface area contributed by atoms with Crippen molar-refractivity contribution < 1.29 is 4.74 Å². The van der Waals surface area contributed by atoms with Crippen LogP contribution in [0.15, 0.2) is 11.8 Å². The van der Waals surface area contributed by atoms with Gasteiger partial charge in [-0.25, -0.2) is 0 Å². The van der Waals surface area contributed by atoms with Crippen LogP contribution in [0.4, 0.5) is 0 Å². The van der Waals surface area contributed by atoms with Crippen LogP contribution < -0.4 is 5.32 Å². The van der Waals surface area contributed by atoms with Crippen LogP contribution in [0.3, 0.4) is 0 Å². The summed E-state index contributed by atoms with van der Waals surface area (Å²) in [6.07, 6.45) is 14.6. The molecule has 2 heteroatoms. The van der Waals surface area contributed by atoms with Gasteiger partial charge < -0.3 is 10.1 Å². The topological polar surface area (TPSA) is 21.3 Å². The Morgan fingerprint density at radius 3 is 2.61 bits per heavy atom. The highest BCUT2D eigenvalue weighted by atomic mass is 16.5. The molecule has 1 unspecified atom stereocenters. The second-order valence-corrected chi connectivity index (χ2v) is 5.80. The first-order chi connectivity index (χ1) is 8.90. The predicted molar refractivity (Wildman–Crippen MR) is 76.5 cm³/mol. The summed E-state index contributed by atoms with van der Waals surface area (Å²) in [5.41, 5.74) is 0. The summed E-state index contributed by atoms with van der Waals surface area (Å²) in [6, 6.07) is 0.471. The zero-order valence-corrected chi connectivity index (χ0v) is 11.9. The van der Waals surface area contributed by atoms with E-state index in [0.29, 0.717) is 6.04 Å². The molecule has 0 radical (unpaired) electrons. The molecule has 2 aliphatic rings. The number of rotatable bonds is 5. The molecule has 0 bridgehead atoms. The molecule has 1 aliphatic carbocycles. The Bertz CT molecular complexity index is 254. The van der Waals surface area contributed by atoms with E-state index >= 15 is 0 Å². The van der Waals surface area contributed by atoms with Crippen LogP contribution in [0, 0.1) is 5.92 Å². The Balaban J connectivity index is 1.89. The third-order valence-electron chi connectivity index (χ3n) is 4.30. The minimum atomic E-state index is 0.471. The van der Waals surface area contributed by atoms with Gasteiger partial charge in [-0.15, -0.1) is 0 Å². The molecule has 2 rings (SSSR count). The predicted octanol–water partition coefficient (Wildman–Crippen LogP) is 4.02. The maximum absolute atomic E-state index is 5.86. The molecule has 0 aromatic rings. The van der Waals surface area contributed by atoms with E-state index in [-0.39, 0.29) is 0 Å². The smallest absolute Gasteiger partial charge is 0.109 e. The molecule has 0 aromatic heterocycles. The molecule has 104 valence electrons. The fourth-order valence-corrected chi connectivity index (χ4v) is 3.30. The van der Waals surface area contributed by atoms with E-state index in [2.05, 4.69) is 18.3 Å². The van der Waals surface area contributed by atoms with Gasteiger partial charge in [-0.05, 0) is 37.8 Å². The first-order valence-corrected chi connectivity index (χ1v) is 7.96. The lowest BCUT2D eigenvalue weighted by Crippen LogP contribution is -2.34. The van der Waals surface area contributed by atoms with E-state index in [1.807, 2.05) is 0 Å². The molecule has 0 amide bonds. The van der Waals surface area contributed by atoms with Crippen LogP contribution in [0.25, 0.3) is 0 Å². The first-order valence-electron chi connectivity index (χ1n) is 7.96. The fourth-order valence-electron chi connectivity index (χ4n) is 3.30. The van der Waals surface area contributed by atoms with Gasteiger partial charge in [0.25, 0.3) is 0 Å². The normalized spacial score (nSPS) is 23.9. The molecule has 1 heterocycles. The number of hydrogen-bond donors (Lipinski definition) is 1. The first kappa shape index (κ1) is 13.9. The van der Waals surface area contributed by atoms with Crippen molar-refractivity contribution >= 4 is 0 Å². The Morgan fingerprint density at radius 2 is 2.00 bits per heavy atom. The highest BCUT2D eigenvalue weighted by Gasteiger charge is 2.22. The average molecular weight is 251 g/mol. The second kappa shape index (κ2) is 7.83. The van der Waals surface area contributed by atoms with E-state index in [1.54, 1.807) is 0 Å². The van der Waals surface area contributed by atoms with Gasteiger partial charge >= 0.3 is 0 Å². The lowest BCUT2D eigenvalue weighted by molar-refractivity contribution is 0.158. The van der Waals surface area contributed by atoms with E-state index in [1.165, 1.54) is 63.5 Å². The van der Waals surface area contributed by atoms with E-state index in [9.17, 15) is 0 Å². The van der Waals surface area contributed by atoms with Gasteiger partial charge in [0.2, 0.25) is 0 Å². The van der Waals surface area contributed by atoms with Crippen molar-refractivity contribution in [3.63, 3.8) is 0 Å². The molecule has 1 N–H and O–H groups in total. The lowest BCUT2D eigenvalue weighted by atomic mass is 9.91. The molecule has 0 saturated heterocycles. The van der Waals surface area contributed by atoms with Crippen molar-refractivity contribution in [3.05, 3.63) is 11.8 Å². The fraction of sp³-hybridized carbons (Fsp3) is 0.875. The summed E-state index contributed by atoms with van der Waals surface area (Å²) in [7, 11) is 0. The lowest BCUT2D eigenvalue weighted by Gasteiger charge is -2.27. The highest BCUT2D eigenvalue weighted by molar-refractivity contribution is 5.06. The molecule has 0 aromatic carbocycles. The van der Waals surface area contributed by atoms with Crippen LogP contribution in [0.1, 0.15) is 64.7 Å². The number of allylic oxidation sites excluding steroid dienone is 1. The minimum Gasteiger partial charge on any atom is -0.497 e. The molecule has 1 aliphatic heterocycles. The maximum atomic E-state index is 5.86. The second-order valence-electron chi connectivity index (χ2n) is 5.80. The highest BCUT2D eigenvalue weighted by Crippen LogP contribution is 2.29. The molecule has 18 heavy (non-hydrogen) atoms. The van der Waals surface area contributed by atoms with E-state index in [0.717, 1.165) is 19.1 Å². The van der Waals surface area contributed by atoms with Gasteiger partial charge in [0.15, 0.2) is 0 Å². The molecular formula is C16H29NO. The van der Waals surface area contributed by atoms with E-state index < -0.39 is 0 Å². The average Bonchev–Trinajstić information content (AvgIpc) is 2.68. The van der Waals surface area contributed by atoms with Crippen molar-refractivity contribution in [2.45, 2.75) is 70.8 Å². The molecule has 1 saturated carbocycles. The third-order valence-corrected chi connectivity index (χ3v) is 4.30. The summed E-state index contributed by atoms with van der Waals surface area (Å²) in [5.74, 6) is 2.13. The summed E-state index contributed by atoms with van der Waals surface area (Å²) >= 11 is 0. The van der Waals surface area contributed by atoms with Gasteiger partial charge in [-0.3, -0.25) is 0 Å². The zero-order valence-electron chi connectivity index (χ0n) is 11.9. The van der Waals surface area contributed by atoms with Crippen molar-refractivity contribution in [2.75, 3.05) is 13.2 Å². The largest absolute Gasteiger partial charge is 0.497 e. The third kappa shape index (κ3) is 4.31. The Hall–Kier alpha value is -0.500. The van der Waals surface area contributed by atoms with Gasteiger partial charge in [0.05, 0.1) is 12.6 Å². The SMILES string of the molecule is CCNC(CC1CCCCCC1)C1=CCCCO1. The Morgan fingerprint density at radius 1 is 1.22 bits per heavy atom. The van der Waals surface area contributed by atoms with Crippen LogP contribution >= 0.6 is 0 Å². The number of ether oxygens (including phenoxy) is 1. The Kier molecular flexibility index (Phi) is 6.06. The van der Waals surface area contributed by atoms with Crippen LogP contribution in [0.5, 0.6) is 0 Å². The van der Waals surface area contributed by atoms with Crippen molar-refractivity contribution in [1.29, 1.82) is 0 Å². The summed E-state index contributed by atoms with van der Waals surface area (Å²) in [4.78, 5) is 0. The van der Waals surface area contributed by atoms with Crippen LogP contribution in [-0.4, -0.2) is 19.2 Å². The summed E-state index contributed by atoms with van der Waals surface area (Å²) in [5, 5.41) is 3.63. The molecular weight excluding hydrogens is 222 g/mol. The summed E-state index contributed by atoms with van der Waals surface area (Å²) in [6.45, 7) is 4.15. The Labute approximate surface area is 112 Å². The number of nitrogens with one attached hydrogen (secondary N) is 1.